The molecule has 1 aromatic heterocycles. The molecule has 7 nitrogen and oxygen atoms in total. The van der Waals surface area contributed by atoms with E-state index in [1.54, 1.807) is 24.8 Å². The van der Waals surface area contributed by atoms with Gasteiger partial charge in [0.25, 0.3) is 0 Å². The Balaban J connectivity index is 2.40. The molecule has 1 amide bonds. The Hall–Kier alpha value is -1.69. The van der Waals surface area contributed by atoms with Crippen molar-refractivity contribution >= 4 is 19.1 Å². The number of nitrogens with zero attached hydrogens (tertiary/aromatic N) is 2. The number of hydrogen-bond donors (Lipinski definition) is 0. The number of carbonyl (C=O) groups excluding carboxylic acids is 1. The van der Waals surface area contributed by atoms with E-state index in [4.69, 9.17) is 13.8 Å². The second-order valence-corrected chi connectivity index (χ2v) is 10.2. The van der Waals surface area contributed by atoms with Gasteiger partial charge in [0.1, 0.15) is 5.60 Å². The van der Waals surface area contributed by atoms with Gasteiger partial charge in [-0.2, -0.15) is 0 Å². The van der Waals surface area contributed by atoms with E-state index in [1.807, 2.05) is 46.8 Å². The van der Waals surface area contributed by atoms with E-state index >= 15 is 0 Å². The lowest BCUT2D eigenvalue weighted by Gasteiger charge is -2.36. The first kappa shape index (κ1) is 23.6. The summed E-state index contributed by atoms with van der Waals surface area (Å²) in [7, 11) is -3.46. The van der Waals surface area contributed by atoms with Gasteiger partial charge in [-0.3, -0.25) is 9.46 Å². The fourth-order valence-corrected chi connectivity index (χ4v) is 4.68. The van der Waals surface area contributed by atoms with Crippen molar-refractivity contribution in [3.63, 3.8) is 0 Å². The third-order valence-corrected chi connectivity index (χ3v) is 6.24. The molecule has 0 spiro atoms. The van der Waals surface area contributed by atoms with Crippen molar-refractivity contribution in [1.29, 1.82) is 0 Å². The van der Waals surface area contributed by atoms with E-state index in [0.29, 0.717) is 18.4 Å². The minimum atomic E-state index is -3.46. The molecule has 1 aliphatic rings. The van der Waals surface area contributed by atoms with Gasteiger partial charge in [-0.05, 0) is 60.1 Å². The van der Waals surface area contributed by atoms with Crippen LogP contribution < -0.4 is 5.44 Å². The molecule has 29 heavy (non-hydrogen) atoms. The van der Waals surface area contributed by atoms with Crippen molar-refractivity contribution in [3.05, 3.63) is 35.0 Å². The Morgan fingerprint density at radius 2 is 1.86 bits per heavy atom. The van der Waals surface area contributed by atoms with Gasteiger partial charge < -0.3 is 13.8 Å². The number of rotatable bonds is 6. The van der Waals surface area contributed by atoms with Crippen molar-refractivity contribution in [1.82, 2.24) is 9.88 Å². The summed E-state index contributed by atoms with van der Waals surface area (Å²) in [5.74, 6) is 0. The summed E-state index contributed by atoms with van der Waals surface area (Å²) >= 11 is 0. The van der Waals surface area contributed by atoms with Crippen LogP contribution in [0.4, 0.5) is 4.79 Å². The van der Waals surface area contributed by atoms with Gasteiger partial charge in [0, 0.05) is 12.1 Å². The Labute approximate surface area is 174 Å². The second-order valence-electron chi connectivity index (χ2n) is 8.23. The molecule has 1 atom stereocenters. The topological polar surface area (TPSA) is 78.0 Å². The average Bonchev–Trinajstić information content (AvgIpc) is 2.59. The van der Waals surface area contributed by atoms with E-state index in [2.05, 4.69) is 4.98 Å². The maximum atomic E-state index is 13.1. The second kappa shape index (κ2) is 9.41. The first-order valence-corrected chi connectivity index (χ1v) is 11.6. The number of carbonyl (C=O) groups is 1. The standard InChI is InChI=1S/C21H33N2O5P/c1-8-26-29(25,27-9-2)19-11-10-16-14-23(20(24)28-21(5,6)7)17(12-15(3)4)13-18(16)22-19/h10-12,17H,8-9,13-14H2,1-7H3. The minimum Gasteiger partial charge on any atom is -0.444 e. The zero-order valence-electron chi connectivity index (χ0n) is 18.5. The van der Waals surface area contributed by atoms with Crippen LogP contribution in [0.15, 0.2) is 23.8 Å². The van der Waals surface area contributed by atoms with E-state index in [1.165, 1.54) is 0 Å². The Morgan fingerprint density at radius 1 is 1.24 bits per heavy atom. The number of fused-ring (bicyclic) bond motifs is 1. The minimum absolute atomic E-state index is 0.191. The van der Waals surface area contributed by atoms with Crippen LogP contribution in [0.25, 0.3) is 0 Å². The molecule has 0 aromatic carbocycles. The van der Waals surface area contributed by atoms with Crippen molar-refractivity contribution < 1.29 is 23.1 Å². The molecular weight excluding hydrogens is 391 g/mol. The number of hydrogen-bond acceptors (Lipinski definition) is 6. The van der Waals surface area contributed by atoms with Crippen LogP contribution in [0.1, 0.15) is 59.7 Å². The number of aromatic nitrogens is 1. The van der Waals surface area contributed by atoms with Gasteiger partial charge in [-0.25, -0.2) is 9.78 Å². The Kier molecular flexibility index (Phi) is 7.66. The third kappa shape index (κ3) is 6.14. The maximum absolute atomic E-state index is 13.1. The third-order valence-electron chi connectivity index (χ3n) is 4.23. The first-order valence-electron chi connectivity index (χ1n) is 10.0. The van der Waals surface area contributed by atoms with Crippen molar-refractivity contribution in [3.8, 4) is 0 Å². The number of ether oxygens (including phenoxy) is 1. The lowest BCUT2D eigenvalue weighted by Crippen LogP contribution is -2.46. The smallest absolute Gasteiger partial charge is 0.411 e. The number of amides is 1. The highest BCUT2D eigenvalue weighted by atomic mass is 31.2. The zero-order chi connectivity index (χ0) is 21.8. The first-order chi connectivity index (χ1) is 13.5. The average molecular weight is 424 g/mol. The predicted octanol–water partition coefficient (Wildman–Crippen LogP) is 4.60. The van der Waals surface area contributed by atoms with Gasteiger partial charge in [-0.15, -0.1) is 0 Å². The van der Waals surface area contributed by atoms with E-state index in [0.717, 1.165) is 16.8 Å². The van der Waals surface area contributed by atoms with Gasteiger partial charge in [0.05, 0.1) is 25.8 Å². The molecule has 0 N–H and O–H groups in total. The summed E-state index contributed by atoms with van der Waals surface area (Å²) in [6.45, 7) is 14.0. The van der Waals surface area contributed by atoms with Gasteiger partial charge in [-0.1, -0.05) is 17.7 Å². The molecule has 162 valence electrons. The summed E-state index contributed by atoms with van der Waals surface area (Å²) in [6, 6.07) is 3.32. The van der Waals surface area contributed by atoms with Crippen LogP contribution in [-0.2, 0) is 31.3 Å². The lowest BCUT2D eigenvalue weighted by atomic mass is 9.97. The molecule has 0 bridgehead atoms. The SMILES string of the molecule is CCOP(=O)(OCC)c1ccc2c(n1)CC(C=C(C)C)N(C(=O)OC(C)(C)C)C2. The molecule has 0 aliphatic carbocycles. The molecule has 0 radical (unpaired) electrons. The van der Waals surface area contributed by atoms with Crippen molar-refractivity contribution in [2.24, 2.45) is 0 Å². The summed E-state index contributed by atoms with van der Waals surface area (Å²) in [5, 5.41) is 0. The van der Waals surface area contributed by atoms with Crippen LogP contribution in [0.3, 0.4) is 0 Å². The molecule has 0 saturated carbocycles. The van der Waals surface area contributed by atoms with Crippen LogP contribution in [0.2, 0.25) is 0 Å². The van der Waals surface area contributed by atoms with Crippen LogP contribution in [-0.4, -0.2) is 40.8 Å². The molecule has 1 unspecified atom stereocenters. The number of allylic oxidation sites excluding steroid dienone is 1. The van der Waals surface area contributed by atoms with E-state index < -0.39 is 13.2 Å². The predicted molar refractivity (Wildman–Crippen MR) is 113 cm³/mol. The molecule has 8 heteroatoms. The van der Waals surface area contributed by atoms with Gasteiger partial charge >= 0.3 is 13.7 Å². The fraction of sp³-hybridized carbons (Fsp3) is 0.619. The fourth-order valence-electron chi connectivity index (χ4n) is 3.16. The van der Waals surface area contributed by atoms with E-state index in [-0.39, 0.29) is 25.3 Å². The summed E-state index contributed by atoms with van der Waals surface area (Å²) in [4.78, 5) is 19.1. The Bertz CT molecular complexity index is 802. The summed E-state index contributed by atoms with van der Waals surface area (Å²) in [6.07, 6.45) is 2.18. The van der Waals surface area contributed by atoms with Crippen molar-refractivity contribution in [2.45, 2.75) is 73.1 Å². The molecule has 1 aromatic rings. The quantitative estimate of drug-likeness (QED) is 0.491. The normalized spacial score (nSPS) is 16.9. The highest BCUT2D eigenvalue weighted by Crippen LogP contribution is 2.46. The van der Waals surface area contributed by atoms with Crippen LogP contribution >= 0.6 is 7.60 Å². The van der Waals surface area contributed by atoms with E-state index in [9.17, 15) is 9.36 Å². The number of pyridine rings is 1. The van der Waals surface area contributed by atoms with Crippen molar-refractivity contribution in [2.75, 3.05) is 13.2 Å². The maximum Gasteiger partial charge on any atom is 0.411 e. The van der Waals surface area contributed by atoms with Crippen LogP contribution in [0.5, 0.6) is 0 Å². The molecule has 2 heterocycles. The highest BCUT2D eigenvalue weighted by molar-refractivity contribution is 7.61. The molecule has 0 saturated heterocycles. The Morgan fingerprint density at radius 3 is 2.38 bits per heavy atom. The monoisotopic (exact) mass is 424 g/mol. The summed E-state index contributed by atoms with van der Waals surface area (Å²) in [5.41, 5.74) is 2.53. The molecular formula is C21H33N2O5P. The molecule has 0 fully saturated rings. The molecule has 2 rings (SSSR count). The largest absolute Gasteiger partial charge is 0.444 e. The highest BCUT2D eigenvalue weighted by Gasteiger charge is 2.35. The van der Waals surface area contributed by atoms with Crippen LogP contribution in [0, 0.1) is 0 Å². The van der Waals surface area contributed by atoms with Gasteiger partial charge in [0.2, 0.25) is 0 Å². The molecule has 1 aliphatic heterocycles. The summed E-state index contributed by atoms with van der Waals surface area (Å²) < 4.78 is 29.5. The zero-order valence-corrected chi connectivity index (χ0v) is 19.4. The lowest BCUT2D eigenvalue weighted by molar-refractivity contribution is 0.0162. The van der Waals surface area contributed by atoms with Gasteiger partial charge in [0.15, 0.2) is 5.44 Å².